The number of nitrogens with zero attached hydrogens (tertiary/aromatic N) is 1. The number of rotatable bonds is 3. The van der Waals surface area contributed by atoms with E-state index >= 15 is 0 Å². The molecule has 0 spiro atoms. The molecule has 0 saturated carbocycles. The lowest BCUT2D eigenvalue weighted by atomic mass is 9.94. The standard InChI is InChI=1S/C14H9Cl2F3N2O/c15-9-3-1-7(2-4-9)11(13(20)22)12-10(16)5-8(6-21-12)14(17,18)19/h1-6,11H,(H2,20,22)/t11-/m0/s1. The summed E-state index contributed by atoms with van der Waals surface area (Å²) in [6.45, 7) is 0. The van der Waals surface area contributed by atoms with Gasteiger partial charge in [0, 0.05) is 11.2 Å². The minimum Gasteiger partial charge on any atom is -0.369 e. The molecule has 1 aromatic carbocycles. The average Bonchev–Trinajstić information content (AvgIpc) is 2.41. The van der Waals surface area contributed by atoms with E-state index in [0.717, 1.165) is 6.07 Å². The van der Waals surface area contributed by atoms with Gasteiger partial charge < -0.3 is 5.73 Å². The fraction of sp³-hybridized carbons (Fsp3) is 0.143. The molecule has 8 heteroatoms. The molecule has 0 aliphatic carbocycles. The van der Waals surface area contributed by atoms with Gasteiger partial charge in [-0.15, -0.1) is 0 Å². The van der Waals surface area contributed by atoms with E-state index in [1.165, 1.54) is 24.3 Å². The second kappa shape index (κ2) is 6.14. The molecule has 0 radical (unpaired) electrons. The molecule has 0 bridgehead atoms. The summed E-state index contributed by atoms with van der Waals surface area (Å²) >= 11 is 11.6. The van der Waals surface area contributed by atoms with E-state index < -0.39 is 23.6 Å². The first-order valence-corrected chi connectivity index (χ1v) is 6.73. The predicted octanol–water partition coefficient (Wildman–Crippen LogP) is 4.02. The van der Waals surface area contributed by atoms with Gasteiger partial charge >= 0.3 is 6.18 Å². The van der Waals surface area contributed by atoms with Crippen LogP contribution in [0.25, 0.3) is 0 Å². The van der Waals surface area contributed by atoms with Gasteiger partial charge in [0.05, 0.1) is 16.3 Å². The minimum atomic E-state index is -4.57. The number of hydrogen-bond donors (Lipinski definition) is 1. The monoisotopic (exact) mass is 348 g/mol. The van der Waals surface area contributed by atoms with Crippen LogP contribution >= 0.6 is 23.2 Å². The molecule has 0 fully saturated rings. The van der Waals surface area contributed by atoms with Crippen molar-refractivity contribution in [2.45, 2.75) is 12.1 Å². The van der Waals surface area contributed by atoms with E-state index in [1.54, 1.807) is 0 Å². The van der Waals surface area contributed by atoms with Crippen LogP contribution < -0.4 is 5.73 Å². The number of pyridine rings is 1. The van der Waals surface area contributed by atoms with Gasteiger partial charge in [-0.1, -0.05) is 35.3 Å². The van der Waals surface area contributed by atoms with E-state index in [1.807, 2.05) is 0 Å². The molecular weight excluding hydrogens is 340 g/mol. The van der Waals surface area contributed by atoms with E-state index in [4.69, 9.17) is 28.9 Å². The fourth-order valence-corrected chi connectivity index (χ4v) is 2.33. The molecule has 116 valence electrons. The Morgan fingerprint density at radius 3 is 2.23 bits per heavy atom. The Labute approximate surface area is 133 Å². The highest BCUT2D eigenvalue weighted by Crippen LogP contribution is 2.34. The third kappa shape index (κ3) is 3.51. The zero-order valence-electron chi connectivity index (χ0n) is 10.9. The number of halogens is 5. The molecule has 2 rings (SSSR count). The molecule has 1 aromatic heterocycles. The number of carbonyl (C=O) groups excluding carboxylic acids is 1. The number of carbonyl (C=O) groups is 1. The number of aromatic nitrogens is 1. The van der Waals surface area contributed by atoms with Crippen molar-refractivity contribution in [1.29, 1.82) is 0 Å². The molecular formula is C14H9Cl2F3N2O. The van der Waals surface area contributed by atoms with E-state index in [2.05, 4.69) is 4.98 Å². The summed E-state index contributed by atoms with van der Waals surface area (Å²) < 4.78 is 37.9. The lowest BCUT2D eigenvalue weighted by molar-refractivity contribution is -0.137. The summed E-state index contributed by atoms with van der Waals surface area (Å²) in [5.41, 5.74) is 4.74. The first kappa shape index (κ1) is 16.6. The van der Waals surface area contributed by atoms with Crippen LogP contribution in [0.5, 0.6) is 0 Å². The molecule has 2 aromatic rings. The molecule has 0 aliphatic heterocycles. The molecule has 1 amide bonds. The molecule has 2 N–H and O–H groups in total. The van der Waals surface area contributed by atoms with Crippen molar-refractivity contribution >= 4 is 29.1 Å². The van der Waals surface area contributed by atoms with Crippen LogP contribution in [-0.4, -0.2) is 10.9 Å². The number of benzene rings is 1. The van der Waals surface area contributed by atoms with Gasteiger partial charge in [-0.3, -0.25) is 9.78 Å². The SMILES string of the molecule is NC(=O)[C@@H](c1ccc(Cl)cc1)c1ncc(C(F)(F)F)cc1Cl. The van der Waals surface area contributed by atoms with Crippen molar-refractivity contribution in [3.05, 3.63) is 63.4 Å². The van der Waals surface area contributed by atoms with Crippen LogP contribution in [0.1, 0.15) is 22.7 Å². The lowest BCUT2D eigenvalue weighted by Gasteiger charge is -2.16. The Hall–Kier alpha value is -1.79. The zero-order chi connectivity index (χ0) is 16.5. The summed E-state index contributed by atoms with van der Waals surface area (Å²) in [5.74, 6) is -1.84. The molecule has 1 heterocycles. The summed E-state index contributed by atoms with van der Waals surface area (Å²) in [4.78, 5) is 15.4. The molecule has 0 aliphatic rings. The van der Waals surface area contributed by atoms with Gasteiger partial charge in [-0.2, -0.15) is 13.2 Å². The van der Waals surface area contributed by atoms with Crippen molar-refractivity contribution < 1.29 is 18.0 Å². The number of nitrogens with two attached hydrogens (primary N) is 1. The maximum Gasteiger partial charge on any atom is 0.417 e. The number of primary amides is 1. The van der Waals surface area contributed by atoms with Crippen LogP contribution in [0.3, 0.4) is 0 Å². The second-order valence-electron chi connectivity index (χ2n) is 4.48. The van der Waals surface area contributed by atoms with Gasteiger partial charge in [0.2, 0.25) is 5.91 Å². The Kier molecular flexibility index (Phi) is 4.63. The van der Waals surface area contributed by atoms with Crippen LogP contribution in [0.4, 0.5) is 13.2 Å². The summed E-state index contributed by atoms with van der Waals surface area (Å²) in [6.07, 6.45) is -3.95. The Balaban J connectivity index is 2.50. The predicted molar refractivity (Wildman–Crippen MR) is 76.7 cm³/mol. The second-order valence-corrected chi connectivity index (χ2v) is 5.32. The van der Waals surface area contributed by atoms with Gasteiger partial charge in [0.25, 0.3) is 0 Å². The zero-order valence-corrected chi connectivity index (χ0v) is 12.4. The molecule has 0 unspecified atom stereocenters. The van der Waals surface area contributed by atoms with Crippen molar-refractivity contribution in [3.63, 3.8) is 0 Å². The molecule has 0 saturated heterocycles. The summed E-state index contributed by atoms with van der Waals surface area (Å²) in [5, 5.41) is 0.159. The van der Waals surface area contributed by atoms with Crippen LogP contribution in [0.15, 0.2) is 36.5 Å². The van der Waals surface area contributed by atoms with Gasteiger partial charge in [0.15, 0.2) is 0 Å². The van der Waals surface area contributed by atoms with Gasteiger partial charge in [-0.25, -0.2) is 0 Å². The molecule has 3 nitrogen and oxygen atoms in total. The highest BCUT2D eigenvalue weighted by molar-refractivity contribution is 6.31. The highest BCUT2D eigenvalue weighted by atomic mass is 35.5. The van der Waals surface area contributed by atoms with Crippen molar-refractivity contribution in [1.82, 2.24) is 4.98 Å². The number of amides is 1. The molecule has 1 atom stereocenters. The average molecular weight is 349 g/mol. The summed E-state index contributed by atoms with van der Waals surface area (Å²) in [7, 11) is 0. The lowest BCUT2D eigenvalue weighted by Crippen LogP contribution is -2.24. The van der Waals surface area contributed by atoms with E-state index in [9.17, 15) is 18.0 Å². The fourth-order valence-electron chi connectivity index (χ4n) is 1.93. The Bertz CT molecular complexity index is 702. The first-order valence-electron chi connectivity index (χ1n) is 5.97. The number of hydrogen-bond acceptors (Lipinski definition) is 2. The van der Waals surface area contributed by atoms with Crippen LogP contribution in [0.2, 0.25) is 10.0 Å². The van der Waals surface area contributed by atoms with Crippen molar-refractivity contribution in [3.8, 4) is 0 Å². The first-order chi connectivity index (χ1) is 10.2. The Morgan fingerprint density at radius 1 is 1.18 bits per heavy atom. The maximum atomic E-state index is 12.6. The van der Waals surface area contributed by atoms with Crippen molar-refractivity contribution in [2.75, 3.05) is 0 Å². The normalized spacial score (nSPS) is 13.0. The highest BCUT2D eigenvalue weighted by Gasteiger charge is 2.33. The topological polar surface area (TPSA) is 56.0 Å². The molecule has 22 heavy (non-hydrogen) atoms. The van der Waals surface area contributed by atoms with Gasteiger partial charge in [0.1, 0.15) is 5.92 Å². The smallest absolute Gasteiger partial charge is 0.369 e. The van der Waals surface area contributed by atoms with E-state index in [0.29, 0.717) is 16.8 Å². The third-order valence-electron chi connectivity index (χ3n) is 2.96. The quantitative estimate of drug-likeness (QED) is 0.910. The number of alkyl halides is 3. The Morgan fingerprint density at radius 2 is 1.77 bits per heavy atom. The van der Waals surface area contributed by atoms with Crippen molar-refractivity contribution in [2.24, 2.45) is 5.73 Å². The van der Waals surface area contributed by atoms with Crippen LogP contribution in [-0.2, 0) is 11.0 Å². The summed E-state index contributed by atoms with van der Waals surface area (Å²) in [6, 6.07) is 6.85. The maximum absolute atomic E-state index is 12.6. The minimum absolute atomic E-state index is 0.0375. The van der Waals surface area contributed by atoms with Crippen LogP contribution in [0, 0.1) is 0 Å². The van der Waals surface area contributed by atoms with E-state index in [-0.39, 0.29) is 10.7 Å². The third-order valence-corrected chi connectivity index (χ3v) is 3.51. The largest absolute Gasteiger partial charge is 0.417 e. The van der Waals surface area contributed by atoms with Gasteiger partial charge in [-0.05, 0) is 23.8 Å².